The Bertz CT molecular complexity index is 763. The maximum atomic E-state index is 12.9. The molecule has 1 amide bonds. The van der Waals surface area contributed by atoms with Gasteiger partial charge in [-0.15, -0.1) is 0 Å². The van der Waals surface area contributed by atoms with Gasteiger partial charge in [-0.1, -0.05) is 36.4 Å². The van der Waals surface area contributed by atoms with Gasteiger partial charge in [0.25, 0.3) is 5.91 Å². The van der Waals surface area contributed by atoms with Crippen LogP contribution in [-0.2, 0) is 0 Å². The second-order valence-electron chi connectivity index (χ2n) is 6.53. The maximum absolute atomic E-state index is 12.9. The molecule has 1 aliphatic heterocycles. The van der Waals surface area contributed by atoms with Gasteiger partial charge in [0, 0.05) is 19.0 Å². The van der Waals surface area contributed by atoms with Crippen molar-refractivity contribution in [2.24, 2.45) is 0 Å². The number of carbonyl (C=O) groups excluding carboxylic acids is 1. The quantitative estimate of drug-likeness (QED) is 0.491. The van der Waals surface area contributed by atoms with E-state index in [1.54, 1.807) is 18.2 Å². The van der Waals surface area contributed by atoms with Crippen LogP contribution in [0.25, 0.3) is 0 Å². The van der Waals surface area contributed by atoms with Gasteiger partial charge < -0.3 is 20.3 Å². The van der Waals surface area contributed by atoms with Crippen LogP contribution in [0.5, 0.6) is 5.75 Å². The van der Waals surface area contributed by atoms with Gasteiger partial charge in [0.05, 0.1) is 25.3 Å². The van der Waals surface area contributed by atoms with Gasteiger partial charge in [0.15, 0.2) is 0 Å². The number of carbonyl (C=O) groups is 1. The standard InChI is InChI=1S/C20H25N3O4/c1-27-18-9-14(15-10-21-22-11-15)7-8-16(18)20(26)23-19(17(25)12-24)13-5-3-2-4-6-13/h2-9,15,17,19,21-22,24-25H,10-12H2,1H3,(H,23,26)/t17-,19+/m1/s1. The predicted molar refractivity (Wildman–Crippen MR) is 101 cm³/mol. The number of ether oxygens (including phenoxy) is 1. The molecule has 0 saturated carbocycles. The molecular weight excluding hydrogens is 346 g/mol. The second kappa shape index (κ2) is 8.96. The zero-order chi connectivity index (χ0) is 19.2. The first-order valence-electron chi connectivity index (χ1n) is 8.92. The second-order valence-corrected chi connectivity index (χ2v) is 6.53. The first kappa shape index (κ1) is 19.3. The molecule has 3 rings (SSSR count). The molecule has 2 aromatic carbocycles. The molecule has 0 unspecified atom stereocenters. The van der Waals surface area contributed by atoms with Crippen LogP contribution >= 0.6 is 0 Å². The lowest BCUT2D eigenvalue weighted by molar-refractivity contribution is 0.0563. The predicted octanol–water partition coefficient (Wildman–Crippen LogP) is 0.711. The highest BCUT2D eigenvalue weighted by Gasteiger charge is 2.25. The van der Waals surface area contributed by atoms with E-state index in [1.807, 2.05) is 30.3 Å². The molecule has 2 aromatic rings. The summed E-state index contributed by atoms with van der Waals surface area (Å²) in [7, 11) is 1.53. The molecule has 7 nitrogen and oxygen atoms in total. The van der Waals surface area contributed by atoms with E-state index in [2.05, 4.69) is 16.2 Å². The first-order chi connectivity index (χ1) is 13.1. The number of methoxy groups -OCH3 is 1. The van der Waals surface area contributed by atoms with E-state index < -0.39 is 18.8 Å². The van der Waals surface area contributed by atoms with Crippen LogP contribution in [0.3, 0.4) is 0 Å². The lowest BCUT2D eigenvalue weighted by Gasteiger charge is -2.24. The third kappa shape index (κ3) is 4.45. The van der Waals surface area contributed by atoms with Gasteiger partial charge >= 0.3 is 0 Å². The van der Waals surface area contributed by atoms with Crippen molar-refractivity contribution in [3.63, 3.8) is 0 Å². The molecule has 7 heteroatoms. The molecule has 1 saturated heterocycles. The highest BCUT2D eigenvalue weighted by Crippen LogP contribution is 2.27. The molecule has 0 aromatic heterocycles. The molecule has 144 valence electrons. The molecule has 5 N–H and O–H groups in total. The fourth-order valence-corrected chi connectivity index (χ4v) is 3.23. The van der Waals surface area contributed by atoms with Crippen molar-refractivity contribution in [2.75, 3.05) is 26.8 Å². The van der Waals surface area contributed by atoms with E-state index in [-0.39, 0.29) is 5.91 Å². The molecule has 27 heavy (non-hydrogen) atoms. The summed E-state index contributed by atoms with van der Waals surface area (Å²) >= 11 is 0. The van der Waals surface area contributed by atoms with Crippen LogP contribution in [0.15, 0.2) is 48.5 Å². The van der Waals surface area contributed by atoms with Crippen molar-refractivity contribution in [1.82, 2.24) is 16.2 Å². The highest BCUT2D eigenvalue weighted by atomic mass is 16.5. The summed E-state index contributed by atoms with van der Waals surface area (Å²) in [6.07, 6.45) is -1.11. The van der Waals surface area contributed by atoms with E-state index in [9.17, 15) is 15.0 Å². The lowest BCUT2D eigenvalue weighted by atomic mass is 9.97. The minimum Gasteiger partial charge on any atom is -0.496 e. The smallest absolute Gasteiger partial charge is 0.255 e. The number of aliphatic hydroxyl groups excluding tert-OH is 2. The molecule has 0 radical (unpaired) electrons. The largest absolute Gasteiger partial charge is 0.496 e. The monoisotopic (exact) mass is 371 g/mol. The van der Waals surface area contributed by atoms with Crippen molar-refractivity contribution in [1.29, 1.82) is 0 Å². The fourth-order valence-electron chi connectivity index (χ4n) is 3.23. The van der Waals surface area contributed by atoms with Crippen LogP contribution in [-0.4, -0.2) is 49.0 Å². The van der Waals surface area contributed by atoms with Crippen molar-refractivity contribution in [3.05, 3.63) is 65.2 Å². The number of aliphatic hydroxyl groups is 2. The third-order valence-electron chi connectivity index (χ3n) is 4.78. The number of amides is 1. The summed E-state index contributed by atoms with van der Waals surface area (Å²) in [5, 5.41) is 22.4. The van der Waals surface area contributed by atoms with Crippen LogP contribution in [0.1, 0.15) is 33.4 Å². The molecule has 0 bridgehead atoms. The summed E-state index contributed by atoms with van der Waals surface area (Å²) in [6.45, 7) is 1.17. The Labute approximate surface area is 158 Å². The summed E-state index contributed by atoms with van der Waals surface area (Å²) in [5.74, 6) is 0.411. The molecule has 1 aliphatic rings. The Balaban J connectivity index is 1.83. The average Bonchev–Trinajstić information content (AvgIpc) is 3.26. The van der Waals surface area contributed by atoms with Crippen LogP contribution in [0, 0.1) is 0 Å². The van der Waals surface area contributed by atoms with Crippen molar-refractivity contribution in [3.8, 4) is 5.75 Å². The molecular formula is C20H25N3O4. The van der Waals surface area contributed by atoms with Gasteiger partial charge in [0.1, 0.15) is 11.9 Å². The third-order valence-corrected chi connectivity index (χ3v) is 4.78. The number of hydrazine groups is 1. The zero-order valence-electron chi connectivity index (χ0n) is 15.2. The number of nitrogens with one attached hydrogen (secondary N) is 3. The van der Waals surface area contributed by atoms with E-state index in [1.165, 1.54) is 7.11 Å². The molecule has 1 fully saturated rings. The van der Waals surface area contributed by atoms with Crippen LogP contribution in [0.2, 0.25) is 0 Å². The number of benzene rings is 2. The van der Waals surface area contributed by atoms with Crippen LogP contribution < -0.4 is 20.9 Å². The Morgan fingerprint density at radius 3 is 2.56 bits per heavy atom. The Morgan fingerprint density at radius 2 is 1.93 bits per heavy atom. The zero-order valence-corrected chi connectivity index (χ0v) is 15.2. The van der Waals surface area contributed by atoms with Crippen molar-refractivity contribution < 1.29 is 19.7 Å². The van der Waals surface area contributed by atoms with E-state index in [4.69, 9.17) is 4.74 Å². The van der Waals surface area contributed by atoms with Crippen LogP contribution in [0.4, 0.5) is 0 Å². The van der Waals surface area contributed by atoms with E-state index in [0.29, 0.717) is 22.8 Å². The average molecular weight is 371 g/mol. The number of rotatable bonds is 7. The Kier molecular flexibility index (Phi) is 6.41. The summed E-state index contributed by atoms with van der Waals surface area (Å²) < 4.78 is 5.43. The lowest BCUT2D eigenvalue weighted by Crippen LogP contribution is -2.38. The highest BCUT2D eigenvalue weighted by molar-refractivity contribution is 5.97. The summed E-state index contributed by atoms with van der Waals surface area (Å²) in [6, 6.07) is 13.9. The Hall–Kier alpha value is -2.45. The van der Waals surface area contributed by atoms with Gasteiger partial charge in [-0.2, -0.15) is 0 Å². The minimum atomic E-state index is -1.11. The van der Waals surface area contributed by atoms with Crippen molar-refractivity contribution in [2.45, 2.75) is 18.1 Å². The molecule has 1 heterocycles. The van der Waals surface area contributed by atoms with Gasteiger partial charge in [-0.3, -0.25) is 15.6 Å². The summed E-state index contributed by atoms with van der Waals surface area (Å²) in [4.78, 5) is 12.9. The van der Waals surface area contributed by atoms with Gasteiger partial charge in [0.2, 0.25) is 0 Å². The SMILES string of the molecule is COc1cc(C2CNNC2)ccc1C(=O)N[C@@H](c1ccccc1)[C@H](O)CO. The molecule has 2 atom stereocenters. The number of hydrogen-bond acceptors (Lipinski definition) is 6. The van der Waals surface area contributed by atoms with Gasteiger partial charge in [-0.25, -0.2) is 0 Å². The summed E-state index contributed by atoms with van der Waals surface area (Å²) in [5.41, 5.74) is 8.35. The van der Waals surface area contributed by atoms with E-state index >= 15 is 0 Å². The van der Waals surface area contributed by atoms with Crippen molar-refractivity contribution >= 4 is 5.91 Å². The van der Waals surface area contributed by atoms with Gasteiger partial charge in [-0.05, 0) is 23.3 Å². The fraction of sp³-hybridized carbons (Fsp3) is 0.350. The number of hydrogen-bond donors (Lipinski definition) is 5. The molecule has 0 aliphatic carbocycles. The normalized spacial score (nSPS) is 16.7. The first-order valence-corrected chi connectivity index (χ1v) is 8.92. The minimum absolute atomic E-state index is 0.310. The Morgan fingerprint density at radius 1 is 1.22 bits per heavy atom. The topological polar surface area (TPSA) is 103 Å². The van der Waals surface area contributed by atoms with E-state index in [0.717, 1.165) is 18.7 Å². The molecule has 0 spiro atoms. The maximum Gasteiger partial charge on any atom is 0.255 e.